The molecular formula is C19H18N2O2S. The number of nitrogens with zero attached hydrogens (tertiary/aromatic N) is 2. The van der Waals surface area contributed by atoms with Crippen LogP contribution in [0.15, 0.2) is 78.0 Å². The molecule has 122 valence electrons. The molecule has 0 spiro atoms. The van der Waals surface area contributed by atoms with E-state index in [-0.39, 0.29) is 5.97 Å². The van der Waals surface area contributed by atoms with E-state index in [1.165, 1.54) is 4.90 Å². The molecule has 4 nitrogen and oxygen atoms in total. The lowest BCUT2D eigenvalue weighted by Gasteiger charge is -2.06. The number of carbonyl (C=O) groups is 1. The first-order valence-electron chi connectivity index (χ1n) is 7.74. The monoisotopic (exact) mass is 338 g/mol. The van der Waals surface area contributed by atoms with Crippen molar-refractivity contribution in [3.05, 3.63) is 78.6 Å². The molecule has 0 amide bonds. The first-order valence-corrected chi connectivity index (χ1v) is 8.72. The Labute approximate surface area is 145 Å². The summed E-state index contributed by atoms with van der Waals surface area (Å²) in [6, 6.07) is 19.7. The van der Waals surface area contributed by atoms with Crippen molar-refractivity contribution in [3.63, 3.8) is 0 Å². The normalized spacial score (nSPS) is 10.5. The summed E-state index contributed by atoms with van der Waals surface area (Å²) >= 11 is 1.66. The second kappa shape index (κ2) is 8.36. The molecule has 1 heterocycles. The summed E-state index contributed by atoms with van der Waals surface area (Å²) in [5.41, 5.74) is 1.95. The number of hydrogen-bond acceptors (Lipinski definition) is 4. The minimum Gasteiger partial charge on any atom is -0.461 e. The second-order valence-corrected chi connectivity index (χ2v) is 6.36. The van der Waals surface area contributed by atoms with Gasteiger partial charge in [-0.05, 0) is 35.9 Å². The van der Waals surface area contributed by atoms with Gasteiger partial charge in [0.05, 0.1) is 12.1 Å². The lowest BCUT2D eigenvalue weighted by Crippen LogP contribution is -2.05. The highest BCUT2D eigenvalue weighted by atomic mass is 32.2. The van der Waals surface area contributed by atoms with Crippen molar-refractivity contribution in [3.8, 4) is 5.69 Å². The summed E-state index contributed by atoms with van der Waals surface area (Å²) in [5, 5.41) is 4.18. The molecule has 5 heteroatoms. The summed E-state index contributed by atoms with van der Waals surface area (Å²) in [4.78, 5) is 13.0. The number of esters is 1. The van der Waals surface area contributed by atoms with Gasteiger partial charge in [0.25, 0.3) is 0 Å². The van der Waals surface area contributed by atoms with Crippen molar-refractivity contribution in [2.75, 3.05) is 5.75 Å². The van der Waals surface area contributed by atoms with E-state index < -0.39 is 0 Å². The Kier molecular flexibility index (Phi) is 5.69. The minimum atomic E-state index is -0.172. The van der Waals surface area contributed by atoms with Crippen LogP contribution in [0.25, 0.3) is 5.69 Å². The van der Waals surface area contributed by atoms with Crippen molar-refractivity contribution in [1.29, 1.82) is 0 Å². The molecule has 0 bridgehead atoms. The van der Waals surface area contributed by atoms with Crippen molar-refractivity contribution in [1.82, 2.24) is 9.78 Å². The zero-order valence-electron chi connectivity index (χ0n) is 13.2. The van der Waals surface area contributed by atoms with Crippen LogP contribution in [0.4, 0.5) is 0 Å². The fraction of sp³-hybridized carbons (Fsp3) is 0.158. The summed E-state index contributed by atoms with van der Waals surface area (Å²) in [6.07, 6.45) is 4.04. The fourth-order valence-corrected chi connectivity index (χ4v) is 3.03. The topological polar surface area (TPSA) is 44.1 Å². The summed E-state index contributed by atoms with van der Waals surface area (Å²) in [5.74, 6) is 0.552. The molecule has 24 heavy (non-hydrogen) atoms. The van der Waals surface area contributed by atoms with Crippen LogP contribution in [0.1, 0.15) is 12.0 Å². The number of aromatic nitrogens is 2. The van der Waals surface area contributed by atoms with Crippen LogP contribution in [0, 0.1) is 0 Å². The van der Waals surface area contributed by atoms with Crippen LogP contribution in [0.2, 0.25) is 0 Å². The average Bonchev–Trinajstić information content (AvgIpc) is 3.16. The molecule has 0 saturated heterocycles. The Morgan fingerprint density at radius 2 is 1.83 bits per heavy atom. The Morgan fingerprint density at radius 1 is 1.04 bits per heavy atom. The van der Waals surface area contributed by atoms with Gasteiger partial charge in [-0.15, -0.1) is 11.8 Å². The van der Waals surface area contributed by atoms with Gasteiger partial charge >= 0.3 is 5.97 Å². The molecule has 1 aromatic heterocycles. The van der Waals surface area contributed by atoms with Crippen molar-refractivity contribution in [2.24, 2.45) is 0 Å². The minimum absolute atomic E-state index is 0.172. The molecule has 0 atom stereocenters. The molecule has 3 rings (SSSR count). The Hall–Kier alpha value is -2.53. The predicted molar refractivity (Wildman–Crippen MR) is 95.1 cm³/mol. The third-order valence-electron chi connectivity index (χ3n) is 3.42. The van der Waals surface area contributed by atoms with E-state index in [0.717, 1.165) is 17.0 Å². The predicted octanol–water partition coefficient (Wildman–Crippen LogP) is 4.10. The van der Waals surface area contributed by atoms with E-state index in [1.807, 2.05) is 66.9 Å². The van der Waals surface area contributed by atoms with Crippen LogP contribution in [0.3, 0.4) is 0 Å². The van der Waals surface area contributed by atoms with Crippen LogP contribution < -0.4 is 0 Å². The maximum atomic E-state index is 11.8. The van der Waals surface area contributed by atoms with Gasteiger partial charge in [-0.25, -0.2) is 4.68 Å². The van der Waals surface area contributed by atoms with Crippen LogP contribution in [-0.4, -0.2) is 21.5 Å². The number of rotatable bonds is 7. The van der Waals surface area contributed by atoms with E-state index in [0.29, 0.717) is 13.0 Å². The summed E-state index contributed by atoms with van der Waals surface area (Å²) in [7, 11) is 0. The smallest absolute Gasteiger partial charge is 0.306 e. The molecule has 0 aliphatic heterocycles. The molecule has 0 aliphatic rings. The number of thioether (sulfide) groups is 1. The van der Waals surface area contributed by atoms with Crippen LogP contribution in [-0.2, 0) is 16.1 Å². The third-order valence-corrected chi connectivity index (χ3v) is 4.44. The maximum Gasteiger partial charge on any atom is 0.306 e. The zero-order valence-corrected chi connectivity index (χ0v) is 14.0. The lowest BCUT2D eigenvalue weighted by molar-refractivity contribution is -0.144. The van der Waals surface area contributed by atoms with E-state index in [4.69, 9.17) is 4.74 Å². The standard InChI is InChI=1S/C19H18N2O2S/c22-19(11-14-24-18-5-2-1-3-6-18)23-15-16-7-9-17(10-8-16)21-13-4-12-20-21/h1-10,12-13H,11,14-15H2. The molecule has 0 saturated carbocycles. The van der Waals surface area contributed by atoms with Gasteiger partial charge in [0, 0.05) is 23.0 Å². The fourth-order valence-electron chi connectivity index (χ4n) is 2.17. The molecule has 0 aliphatic carbocycles. The van der Waals surface area contributed by atoms with Crippen molar-refractivity contribution < 1.29 is 9.53 Å². The molecule has 2 aromatic carbocycles. The Bertz CT molecular complexity index is 756. The quantitative estimate of drug-likeness (QED) is 0.481. The summed E-state index contributed by atoms with van der Waals surface area (Å²) in [6.45, 7) is 0.300. The van der Waals surface area contributed by atoms with E-state index in [1.54, 1.807) is 22.6 Å². The summed E-state index contributed by atoms with van der Waals surface area (Å²) < 4.78 is 7.11. The third kappa shape index (κ3) is 4.73. The average molecular weight is 338 g/mol. The highest BCUT2D eigenvalue weighted by molar-refractivity contribution is 7.99. The van der Waals surface area contributed by atoms with Gasteiger partial charge in [0.1, 0.15) is 6.61 Å². The van der Waals surface area contributed by atoms with Gasteiger partial charge in [-0.2, -0.15) is 5.10 Å². The molecule has 3 aromatic rings. The van der Waals surface area contributed by atoms with E-state index in [9.17, 15) is 4.79 Å². The van der Waals surface area contributed by atoms with Crippen LogP contribution >= 0.6 is 11.8 Å². The largest absolute Gasteiger partial charge is 0.461 e. The van der Waals surface area contributed by atoms with Gasteiger partial charge in [0.15, 0.2) is 0 Å². The van der Waals surface area contributed by atoms with E-state index >= 15 is 0 Å². The van der Waals surface area contributed by atoms with E-state index in [2.05, 4.69) is 5.10 Å². The van der Waals surface area contributed by atoms with Gasteiger partial charge in [-0.3, -0.25) is 4.79 Å². The highest BCUT2D eigenvalue weighted by Gasteiger charge is 2.05. The Balaban J connectivity index is 1.41. The maximum absolute atomic E-state index is 11.8. The molecule has 0 fully saturated rings. The second-order valence-electron chi connectivity index (χ2n) is 5.19. The van der Waals surface area contributed by atoms with Gasteiger partial charge in [-0.1, -0.05) is 30.3 Å². The van der Waals surface area contributed by atoms with Crippen molar-refractivity contribution >= 4 is 17.7 Å². The van der Waals surface area contributed by atoms with Crippen LogP contribution in [0.5, 0.6) is 0 Å². The molecule has 0 radical (unpaired) electrons. The number of ether oxygens (including phenoxy) is 1. The van der Waals surface area contributed by atoms with Crippen molar-refractivity contribution in [2.45, 2.75) is 17.9 Å². The first kappa shape index (κ1) is 16.3. The first-order chi connectivity index (χ1) is 11.8. The molecular weight excluding hydrogens is 320 g/mol. The lowest BCUT2D eigenvalue weighted by atomic mass is 10.2. The number of benzene rings is 2. The molecule has 0 unspecified atom stereocenters. The zero-order chi connectivity index (χ0) is 16.6. The molecule has 0 N–H and O–H groups in total. The van der Waals surface area contributed by atoms with Gasteiger partial charge in [0.2, 0.25) is 0 Å². The SMILES string of the molecule is O=C(CCSc1ccccc1)OCc1ccc(-n2cccn2)cc1. The van der Waals surface area contributed by atoms with Gasteiger partial charge < -0.3 is 4.74 Å². The number of carbonyl (C=O) groups excluding carboxylic acids is 1. The Morgan fingerprint density at radius 3 is 2.54 bits per heavy atom. The number of hydrogen-bond donors (Lipinski definition) is 0. The highest BCUT2D eigenvalue weighted by Crippen LogP contribution is 2.18.